The van der Waals surface area contributed by atoms with Crippen LogP contribution in [0.2, 0.25) is 0 Å². The normalized spacial score (nSPS) is 28.4. The van der Waals surface area contributed by atoms with E-state index in [4.69, 9.17) is 4.74 Å². The van der Waals surface area contributed by atoms with E-state index in [9.17, 15) is 38.7 Å². The minimum Gasteiger partial charge on any atom is -0.394 e. The van der Waals surface area contributed by atoms with Crippen molar-refractivity contribution in [1.29, 1.82) is 0 Å². The molecule has 0 bridgehead atoms. The molecule has 2 aromatic rings. The van der Waals surface area contributed by atoms with Crippen LogP contribution in [0.3, 0.4) is 0 Å². The molecule has 0 aromatic heterocycles. The van der Waals surface area contributed by atoms with Gasteiger partial charge in [-0.1, -0.05) is 18.2 Å². The van der Waals surface area contributed by atoms with Crippen LogP contribution in [0.15, 0.2) is 30.3 Å². The van der Waals surface area contributed by atoms with E-state index in [0.717, 1.165) is 12.1 Å². The van der Waals surface area contributed by atoms with Gasteiger partial charge < -0.3 is 30.3 Å². The van der Waals surface area contributed by atoms with E-state index in [-0.39, 0.29) is 5.56 Å². The highest BCUT2D eigenvalue weighted by atomic mass is 19.2. The minimum absolute atomic E-state index is 0.0957. The lowest BCUT2D eigenvalue weighted by atomic mass is 9.88. The van der Waals surface area contributed by atoms with E-state index < -0.39 is 60.7 Å². The van der Waals surface area contributed by atoms with Gasteiger partial charge in [0.25, 0.3) is 0 Å². The molecule has 1 heterocycles. The molecule has 158 valence electrons. The van der Waals surface area contributed by atoms with Crippen molar-refractivity contribution in [2.45, 2.75) is 43.5 Å². The van der Waals surface area contributed by atoms with E-state index in [1.807, 2.05) is 0 Å². The Kier molecular flexibility index (Phi) is 6.27. The smallest absolute Gasteiger partial charge is 0.194 e. The maximum Gasteiger partial charge on any atom is 0.194 e. The summed E-state index contributed by atoms with van der Waals surface area (Å²) in [6, 6.07) is 6.09. The third-order valence-corrected chi connectivity index (χ3v) is 5.15. The maximum atomic E-state index is 13.5. The van der Waals surface area contributed by atoms with Crippen LogP contribution in [-0.4, -0.2) is 62.7 Å². The average molecular weight is 414 g/mol. The zero-order valence-corrected chi connectivity index (χ0v) is 15.3. The monoisotopic (exact) mass is 414 g/mol. The molecular weight excluding hydrogens is 393 g/mol. The van der Waals surface area contributed by atoms with Crippen molar-refractivity contribution in [3.05, 3.63) is 58.9 Å². The van der Waals surface area contributed by atoms with Crippen LogP contribution in [-0.2, 0) is 4.74 Å². The summed E-state index contributed by atoms with van der Waals surface area (Å²) >= 11 is 0. The highest BCUT2D eigenvalue weighted by Crippen LogP contribution is 2.33. The van der Waals surface area contributed by atoms with Gasteiger partial charge in [-0.3, -0.25) is 0 Å². The van der Waals surface area contributed by atoms with Crippen LogP contribution in [0.1, 0.15) is 17.2 Å². The number of benzene rings is 2. The third kappa shape index (κ3) is 4.02. The summed E-state index contributed by atoms with van der Waals surface area (Å²) in [7, 11) is 0. The molecule has 1 fully saturated rings. The Morgan fingerprint density at radius 3 is 2.10 bits per heavy atom. The van der Waals surface area contributed by atoms with E-state index in [0.29, 0.717) is 16.7 Å². The molecule has 9 heteroatoms. The zero-order chi connectivity index (χ0) is 21.5. The van der Waals surface area contributed by atoms with Crippen LogP contribution in [0.4, 0.5) is 13.2 Å². The van der Waals surface area contributed by atoms with Gasteiger partial charge in [-0.15, -0.1) is 0 Å². The van der Waals surface area contributed by atoms with Crippen molar-refractivity contribution >= 4 is 0 Å². The summed E-state index contributed by atoms with van der Waals surface area (Å²) in [5.41, 5.74) is 1.22. The second-order valence-corrected chi connectivity index (χ2v) is 7.06. The van der Waals surface area contributed by atoms with E-state index in [1.165, 1.54) is 18.2 Å². The number of hydrogen-bond acceptors (Lipinski definition) is 6. The van der Waals surface area contributed by atoms with Gasteiger partial charge in [0.1, 0.15) is 36.6 Å². The van der Waals surface area contributed by atoms with Gasteiger partial charge in [-0.25, -0.2) is 13.2 Å². The molecule has 0 amide bonds. The Bertz CT molecular complexity index is 868. The summed E-state index contributed by atoms with van der Waals surface area (Å²) in [6.07, 6.45) is -8.75. The highest BCUT2D eigenvalue weighted by molar-refractivity contribution is 5.65. The molecule has 1 saturated heterocycles. The van der Waals surface area contributed by atoms with Gasteiger partial charge in [-0.2, -0.15) is 0 Å². The van der Waals surface area contributed by atoms with Crippen LogP contribution < -0.4 is 0 Å². The number of hydrogen-bond donors (Lipinski definition) is 5. The van der Waals surface area contributed by atoms with Gasteiger partial charge in [0, 0.05) is 0 Å². The quantitative estimate of drug-likeness (QED) is 0.477. The molecule has 1 aliphatic rings. The van der Waals surface area contributed by atoms with E-state index >= 15 is 0 Å². The fraction of sp³-hybridized carbons (Fsp3) is 0.400. The number of aliphatic hydroxyl groups excluding tert-OH is 5. The minimum atomic E-state index is -1.63. The topological polar surface area (TPSA) is 110 Å². The van der Waals surface area contributed by atoms with Crippen molar-refractivity contribution in [2.75, 3.05) is 6.61 Å². The molecule has 0 spiro atoms. The molecule has 6 nitrogen and oxygen atoms in total. The van der Waals surface area contributed by atoms with Crippen molar-refractivity contribution in [3.8, 4) is 11.1 Å². The average Bonchev–Trinajstić information content (AvgIpc) is 2.69. The number of aliphatic hydroxyl groups is 5. The van der Waals surface area contributed by atoms with Crippen LogP contribution in [0.5, 0.6) is 0 Å². The molecule has 0 saturated carbocycles. The van der Waals surface area contributed by atoms with E-state index in [1.54, 1.807) is 6.92 Å². The lowest BCUT2D eigenvalue weighted by molar-refractivity contribution is -0.250. The molecule has 3 rings (SSSR count). The zero-order valence-electron chi connectivity index (χ0n) is 15.3. The fourth-order valence-electron chi connectivity index (χ4n) is 3.48. The summed E-state index contributed by atoms with van der Waals surface area (Å²) < 4.78 is 45.5. The second kappa shape index (κ2) is 8.39. The van der Waals surface area contributed by atoms with Crippen molar-refractivity contribution in [3.63, 3.8) is 0 Å². The molecule has 0 aliphatic carbocycles. The first-order valence-corrected chi connectivity index (χ1v) is 8.89. The Labute approximate surface area is 164 Å². The van der Waals surface area contributed by atoms with E-state index in [2.05, 4.69) is 0 Å². The second-order valence-electron chi connectivity index (χ2n) is 7.06. The predicted octanol–water partition coefficient (Wildman–Crippen LogP) is 0.955. The van der Waals surface area contributed by atoms with Crippen molar-refractivity contribution < 1.29 is 43.4 Å². The Hall–Kier alpha value is -2.01. The first-order valence-electron chi connectivity index (χ1n) is 8.89. The Morgan fingerprint density at radius 2 is 1.55 bits per heavy atom. The predicted molar refractivity (Wildman–Crippen MR) is 95.2 cm³/mol. The Morgan fingerprint density at radius 1 is 0.931 bits per heavy atom. The summed E-state index contributed by atoms with van der Waals surface area (Å²) in [5.74, 6) is -4.23. The van der Waals surface area contributed by atoms with Gasteiger partial charge in [0.2, 0.25) is 0 Å². The molecule has 29 heavy (non-hydrogen) atoms. The molecule has 1 aliphatic heterocycles. The number of halogens is 3. The standard InChI is InChI=1S/C20H21F3O6/c1-8-4-9(10-5-12(21)15(23)13(22)6-10)2-3-11(8)16(25)20-19(28)18(27)17(26)14(7-24)29-20/h2-6,14,16-20,24-28H,7H2,1H3/t14?,16-,17-,18+,19?,20-/m1/s1. The summed E-state index contributed by atoms with van der Waals surface area (Å²) in [6.45, 7) is 0.968. The molecule has 6 atom stereocenters. The maximum absolute atomic E-state index is 13.5. The van der Waals surface area contributed by atoms with Gasteiger partial charge in [0.05, 0.1) is 6.61 Å². The highest BCUT2D eigenvalue weighted by Gasteiger charge is 2.46. The number of ether oxygens (including phenoxy) is 1. The lowest BCUT2D eigenvalue weighted by Gasteiger charge is -2.42. The van der Waals surface area contributed by atoms with Crippen LogP contribution in [0.25, 0.3) is 11.1 Å². The van der Waals surface area contributed by atoms with Gasteiger partial charge in [-0.05, 0) is 41.3 Å². The van der Waals surface area contributed by atoms with Gasteiger partial charge >= 0.3 is 0 Å². The third-order valence-electron chi connectivity index (χ3n) is 5.15. The molecule has 5 N–H and O–H groups in total. The fourth-order valence-corrected chi connectivity index (χ4v) is 3.48. The van der Waals surface area contributed by atoms with Crippen LogP contribution >= 0.6 is 0 Å². The molecule has 2 aromatic carbocycles. The number of aryl methyl sites for hydroxylation is 1. The summed E-state index contributed by atoms with van der Waals surface area (Å²) in [5, 5.41) is 49.8. The molecule has 2 unspecified atom stereocenters. The first-order chi connectivity index (χ1) is 13.6. The van der Waals surface area contributed by atoms with Crippen molar-refractivity contribution in [1.82, 2.24) is 0 Å². The van der Waals surface area contributed by atoms with Crippen molar-refractivity contribution in [2.24, 2.45) is 0 Å². The molecular formula is C20H21F3O6. The Balaban J connectivity index is 1.90. The lowest BCUT2D eigenvalue weighted by Crippen LogP contribution is -2.59. The SMILES string of the molecule is Cc1cc(-c2cc(F)c(F)c(F)c2)ccc1[C@@H](O)[C@H]1OC(CO)[C@@H](O)[C@H](O)C1O. The first kappa shape index (κ1) is 21.7. The largest absolute Gasteiger partial charge is 0.394 e. The van der Waals surface area contributed by atoms with Gasteiger partial charge in [0.15, 0.2) is 17.5 Å². The summed E-state index contributed by atoms with van der Waals surface area (Å²) in [4.78, 5) is 0. The van der Waals surface area contributed by atoms with Crippen LogP contribution in [0, 0.1) is 24.4 Å². The molecule has 0 radical (unpaired) electrons. The number of rotatable bonds is 4.